The van der Waals surface area contributed by atoms with Crippen LogP contribution in [0.5, 0.6) is 0 Å². The Bertz CT molecular complexity index is 816. The maximum atomic E-state index is 11.9. The quantitative estimate of drug-likeness (QED) is 0.556. The van der Waals surface area contributed by atoms with E-state index >= 15 is 0 Å². The van der Waals surface area contributed by atoms with Gasteiger partial charge in [-0.25, -0.2) is 0 Å². The minimum atomic E-state index is -0.300. The molecule has 1 aromatic carbocycles. The Morgan fingerprint density at radius 3 is 2.52 bits per heavy atom. The molecule has 0 saturated carbocycles. The first kappa shape index (κ1) is 15.0. The Balaban J connectivity index is 1.63. The molecule has 5 heteroatoms. The molecule has 0 spiro atoms. The van der Waals surface area contributed by atoms with E-state index in [0.717, 1.165) is 5.56 Å². The van der Waals surface area contributed by atoms with E-state index in [-0.39, 0.29) is 17.5 Å². The zero-order valence-electron chi connectivity index (χ0n) is 12.1. The van der Waals surface area contributed by atoms with Crippen LogP contribution in [-0.2, 0) is 0 Å². The molecule has 114 valence electrons. The fourth-order valence-corrected chi connectivity index (χ4v) is 2.60. The van der Waals surface area contributed by atoms with Crippen molar-refractivity contribution in [3.8, 4) is 0 Å². The topological polar surface area (TPSA) is 59.3 Å². The lowest BCUT2D eigenvalue weighted by atomic mass is 10.1. The van der Waals surface area contributed by atoms with Crippen LogP contribution in [0.1, 0.15) is 25.8 Å². The van der Waals surface area contributed by atoms with Gasteiger partial charge in [0.1, 0.15) is 0 Å². The van der Waals surface area contributed by atoms with Crippen LogP contribution in [0.25, 0.3) is 6.08 Å². The molecule has 0 aliphatic heterocycles. The Morgan fingerprint density at radius 1 is 1.04 bits per heavy atom. The molecule has 1 amide bonds. The Kier molecular flexibility index (Phi) is 4.49. The van der Waals surface area contributed by atoms with E-state index in [0.29, 0.717) is 10.6 Å². The van der Waals surface area contributed by atoms with Crippen LogP contribution in [0.3, 0.4) is 0 Å². The van der Waals surface area contributed by atoms with Crippen molar-refractivity contribution >= 4 is 34.8 Å². The van der Waals surface area contributed by atoms with Crippen molar-refractivity contribution in [2.45, 2.75) is 0 Å². The first-order valence-electron chi connectivity index (χ1n) is 6.93. The molecule has 3 rings (SSSR count). The van der Waals surface area contributed by atoms with Crippen LogP contribution in [0, 0.1) is 0 Å². The molecule has 0 bridgehead atoms. The average Bonchev–Trinajstić information content (AvgIpc) is 3.27. The minimum absolute atomic E-state index is 0.0183. The SMILES string of the molecule is O=C(Nc1ccc(/C=C/C(=O)c2cccs2)cc1)c1ccco1. The zero-order chi connectivity index (χ0) is 16.1. The molecule has 2 heterocycles. The van der Waals surface area contributed by atoms with Gasteiger partial charge in [-0.3, -0.25) is 9.59 Å². The predicted molar refractivity (Wildman–Crippen MR) is 90.8 cm³/mol. The molecule has 23 heavy (non-hydrogen) atoms. The lowest BCUT2D eigenvalue weighted by molar-refractivity contribution is 0.0995. The molecule has 0 radical (unpaired) electrons. The molecule has 0 unspecified atom stereocenters. The van der Waals surface area contributed by atoms with Crippen molar-refractivity contribution in [1.82, 2.24) is 0 Å². The number of nitrogens with one attached hydrogen (secondary N) is 1. The van der Waals surface area contributed by atoms with E-state index in [1.54, 1.807) is 42.5 Å². The maximum Gasteiger partial charge on any atom is 0.291 e. The van der Waals surface area contributed by atoms with E-state index in [9.17, 15) is 9.59 Å². The summed E-state index contributed by atoms with van der Waals surface area (Å²) in [7, 11) is 0. The third-order valence-corrected chi connectivity index (χ3v) is 3.99. The summed E-state index contributed by atoms with van der Waals surface area (Å²) in [5.41, 5.74) is 1.54. The van der Waals surface area contributed by atoms with Crippen LogP contribution in [0.4, 0.5) is 5.69 Å². The number of thiophene rings is 1. The Labute approximate surface area is 137 Å². The van der Waals surface area contributed by atoms with E-state index in [1.807, 2.05) is 23.6 Å². The smallest absolute Gasteiger partial charge is 0.291 e. The van der Waals surface area contributed by atoms with Crippen molar-refractivity contribution in [3.05, 3.63) is 82.5 Å². The van der Waals surface area contributed by atoms with Gasteiger partial charge in [0.25, 0.3) is 5.91 Å². The number of benzene rings is 1. The van der Waals surface area contributed by atoms with Gasteiger partial charge in [0.15, 0.2) is 11.5 Å². The van der Waals surface area contributed by atoms with E-state index < -0.39 is 0 Å². The van der Waals surface area contributed by atoms with Gasteiger partial charge in [-0.1, -0.05) is 24.3 Å². The first-order valence-corrected chi connectivity index (χ1v) is 7.81. The van der Waals surface area contributed by atoms with Gasteiger partial charge in [0.05, 0.1) is 11.1 Å². The van der Waals surface area contributed by atoms with Gasteiger partial charge in [0, 0.05) is 5.69 Å². The van der Waals surface area contributed by atoms with Crippen molar-refractivity contribution in [3.63, 3.8) is 0 Å². The third-order valence-electron chi connectivity index (χ3n) is 3.10. The number of carbonyl (C=O) groups is 2. The van der Waals surface area contributed by atoms with Crippen LogP contribution >= 0.6 is 11.3 Å². The van der Waals surface area contributed by atoms with Crippen molar-refractivity contribution in [2.75, 3.05) is 5.32 Å². The summed E-state index contributed by atoms with van der Waals surface area (Å²) in [6.07, 6.45) is 4.75. The largest absolute Gasteiger partial charge is 0.459 e. The molecular formula is C18H13NO3S. The zero-order valence-corrected chi connectivity index (χ0v) is 12.9. The molecule has 0 fully saturated rings. The van der Waals surface area contributed by atoms with Crippen molar-refractivity contribution < 1.29 is 14.0 Å². The highest BCUT2D eigenvalue weighted by Gasteiger charge is 2.08. The standard InChI is InChI=1S/C18H13NO3S/c20-15(17-4-2-12-23-17)10-7-13-5-8-14(9-6-13)19-18(21)16-3-1-11-22-16/h1-12H,(H,19,21)/b10-7+. The fourth-order valence-electron chi connectivity index (χ4n) is 1.95. The second kappa shape index (κ2) is 6.89. The second-order valence-electron chi connectivity index (χ2n) is 4.73. The highest BCUT2D eigenvalue weighted by atomic mass is 32.1. The third kappa shape index (κ3) is 3.84. The molecule has 0 atom stereocenters. The van der Waals surface area contributed by atoms with Crippen molar-refractivity contribution in [2.24, 2.45) is 0 Å². The monoisotopic (exact) mass is 323 g/mol. The number of carbonyl (C=O) groups excluding carboxylic acids is 2. The number of ketones is 1. The summed E-state index contributed by atoms with van der Waals surface area (Å²) < 4.78 is 5.03. The van der Waals surface area contributed by atoms with Gasteiger partial charge < -0.3 is 9.73 Å². The Hall–Kier alpha value is -2.92. The summed E-state index contributed by atoms with van der Waals surface area (Å²) in [6.45, 7) is 0. The number of allylic oxidation sites excluding steroid dienone is 1. The summed E-state index contributed by atoms with van der Waals surface area (Å²) in [5, 5.41) is 4.61. The number of amides is 1. The number of hydrogen-bond donors (Lipinski definition) is 1. The fraction of sp³-hybridized carbons (Fsp3) is 0. The highest BCUT2D eigenvalue weighted by Crippen LogP contribution is 2.14. The van der Waals surface area contributed by atoms with Crippen LogP contribution in [0.2, 0.25) is 0 Å². The van der Waals surface area contributed by atoms with Crippen LogP contribution < -0.4 is 5.32 Å². The van der Waals surface area contributed by atoms with Gasteiger partial charge in [-0.05, 0) is 47.4 Å². The van der Waals surface area contributed by atoms with Crippen molar-refractivity contribution in [1.29, 1.82) is 0 Å². The molecule has 4 nitrogen and oxygen atoms in total. The van der Waals surface area contributed by atoms with Gasteiger partial charge in [0.2, 0.25) is 0 Å². The maximum absolute atomic E-state index is 11.9. The number of anilines is 1. The minimum Gasteiger partial charge on any atom is -0.459 e. The average molecular weight is 323 g/mol. The molecular weight excluding hydrogens is 310 g/mol. The van der Waals surface area contributed by atoms with Gasteiger partial charge in [-0.15, -0.1) is 11.3 Å². The predicted octanol–water partition coefficient (Wildman–Crippen LogP) is 4.49. The molecule has 0 aliphatic carbocycles. The lowest BCUT2D eigenvalue weighted by Gasteiger charge is -2.03. The normalized spacial score (nSPS) is 10.8. The van der Waals surface area contributed by atoms with Crippen LogP contribution in [-0.4, -0.2) is 11.7 Å². The van der Waals surface area contributed by atoms with Gasteiger partial charge in [-0.2, -0.15) is 0 Å². The molecule has 0 saturated heterocycles. The van der Waals surface area contributed by atoms with Gasteiger partial charge >= 0.3 is 0 Å². The summed E-state index contributed by atoms with van der Waals surface area (Å²) >= 11 is 1.42. The highest BCUT2D eigenvalue weighted by molar-refractivity contribution is 7.12. The molecule has 2 aromatic heterocycles. The molecule has 0 aliphatic rings. The first-order chi connectivity index (χ1) is 11.2. The lowest BCUT2D eigenvalue weighted by Crippen LogP contribution is -2.10. The summed E-state index contributed by atoms with van der Waals surface area (Å²) in [5.74, 6) is -0.0584. The van der Waals surface area contributed by atoms with E-state index in [4.69, 9.17) is 4.42 Å². The number of rotatable bonds is 5. The van der Waals surface area contributed by atoms with E-state index in [1.165, 1.54) is 17.6 Å². The summed E-state index contributed by atoms with van der Waals surface area (Å²) in [4.78, 5) is 24.4. The molecule has 1 N–H and O–H groups in total. The van der Waals surface area contributed by atoms with E-state index in [2.05, 4.69) is 5.32 Å². The number of furan rings is 1. The number of hydrogen-bond acceptors (Lipinski definition) is 4. The summed E-state index contributed by atoms with van der Waals surface area (Å²) in [6, 6.07) is 14.1. The molecule has 3 aromatic rings. The van der Waals surface area contributed by atoms with Crippen LogP contribution in [0.15, 0.2) is 70.7 Å². The second-order valence-corrected chi connectivity index (χ2v) is 5.68. The Morgan fingerprint density at radius 2 is 1.87 bits per heavy atom.